The van der Waals surface area contributed by atoms with Crippen LogP contribution in [0.4, 0.5) is 23.7 Å². The summed E-state index contributed by atoms with van der Waals surface area (Å²) < 4.78 is 37.5. The van der Waals surface area contributed by atoms with Crippen molar-refractivity contribution in [2.24, 2.45) is 0 Å². The van der Waals surface area contributed by atoms with Crippen LogP contribution in [0.2, 0.25) is 0 Å². The standard InChI is InChI=1S/C11H9F3N2O/c12-11(13,14)16-8-4-7-15(10(16)17)9-5-2-1-3-6-9/h1-6,8H,7H2. The molecule has 1 aromatic carbocycles. The molecule has 2 amide bonds. The molecular weight excluding hydrogens is 233 g/mol. The van der Waals surface area contributed by atoms with E-state index < -0.39 is 12.3 Å². The summed E-state index contributed by atoms with van der Waals surface area (Å²) in [5.74, 6) is 0. The van der Waals surface area contributed by atoms with Crippen LogP contribution in [0.5, 0.6) is 0 Å². The third kappa shape index (κ3) is 2.25. The highest BCUT2D eigenvalue weighted by Crippen LogP contribution is 2.27. The maximum Gasteiger partial charge on any atom is 0.492 e. The molecule has 6 heteroatoms. The molecule has 0 radical (unpaired) electrons. The van der Waals surface area contributed by atoms with Gasteiger partial charge in [-0.3, -0.25) is 4.90 Å². The van der Waals surface area contributed by atoms with Gasteiger partial charge in [-0.2, -0.15) is 0 Å². The number of carbonyl (C=O) groups excluding carboxylic acids is 1. The molecule has 3 nitrogen and oxygen atoms in total. The zero-order chi connectivity index (χ0) is 12.5. The molecule has 0 bridgehead atoms. The highest BCUT2D eigenvalue weighted by molar-refractivity contribution is 5.94. The molecule has 90 valence electrons. The lowest BCUT2D eigenvalue weighted by Gasteiger charge is -2.32. The molecule has 1 heterocycles. The van der Waals surface area contributed by atoms with Crippen LogP contribution in [0.15, 0.2) is 42.6 Å². The molecule has 0 atom stereocenters. The predicted octanol–water partition coefficient (Wildman–Crippen LogP) is 2.96. The summed E-state index contributed by atoms with van der Waals surface area (Å²) in [6, 6.07) is 7.15. The van der Waals surface area contributed by atoms with Crippen molar-refractivity contribution in [2.75, 3.05) is 11.4 Å². The Morgan fingerprint density at radius 1 is 1.12 bits per heavy atom. The maximum atomic E-state index is 12.5. The summed E-state index contributed by atoms with van der Waals surface area (Å²) in [4.78, 5) is 12.5. The summed E-state index contributed by atoms with van der Waals surface area (Å²) in [6.45, 7) is 0.134. The molecular formula is C11H9F3N2O. The van der Waals surface area contributed by atoms with Crippen LogP contribution in [0.25, 0.3) is 0 Å². The van der Waals surface area contributed by atoms with Crippen LogP contribution in [0.1, 0.15) is 0 Å². The highest BCUT2D eigenvalue weighted by Gasteiger charge is 2.43. The van der Waals surface area contributed by atoms with Crippen LogP contribution >= 0.6 is 0 Å². The lowest BCUT2D eigenvalue weighted by Crippen LogP contribution is -2.49. The van der Waals surface area contributed by atoms with Crippen LogP contribution in [0, 0.1) is 0 Å². The number of para-hydroxylation sites is 1. The Balaban J connectivity index is 2.29. The first-order valence-corrected chi connectivity index (χ1v) is 4.89. The smallest absolute Gasteiger partial charge is 0.290 e. The summed E-state index contributed by atoms with van der Waals surface area (Å²) in [5.41, 5.74) is 0.441. The molecule has 1 aliphatic heterocycles. The van der Waals surface area contributed by atoms with Crippen molar-refractivity contribution in [1.29, 1.82) is 0 Å². The minimum atomic E-state index is -4.69. The number of halogens is 3. The number of benzene rings is 1. The Kier molecular flexibility index (Phi) is 2.79. The number of anilines is 1. The van der Waals surface area contributed by atoms with E-state index in [1.54, 1.807) is 30.3 Å². The third-order valence-electron chi connectivity index (χ3n) is 2.32. The normalized spacial score (nSPS) is 16.5. The van der Waals surface area contributed by atoms with Gasteiger partial charge in [-0.15, -0.1) is 13.2 Å². The van der Waals surface area contributed by atoms with Crippen molar-refractivity contribution < 1.29 is 18.0 Å². The molecule has 17 heavy (non-hydrogen) atoms. The van der Waals surface area contributed by atoms with Gasteiger partial charge in [-0.25, -0.2) is 9.69 Å². The average Bonchev–Trinajstić information content (AvgIpc) is 2.29. The number of hydrogen-bond acceptors (Lipinski definition) is 1. The second kappa shape index (κ2) is 4.12. The van der Waals surface area contributed by atoms with E-state index in [0.717, 1.165) is 11.1 Å². The quantitative estimate of drug-likeness (QED) is 0.694. The molecule has 0 spiro atoms. The third-order valence-corrected chi connectivity index (χ3v) is 2.32. The number of carbonyl (C=O) groups is 1. The van der Waals surface area contributed by atoms with Gasteiger partial charge < -0.3 is 0 Å². The fourth-order valence-electron chi connectivity index (χ4n) is 1.55. The molecule has 0 fully saturated rings. The molecule has 0 saturated carbocycles. The van der Waals surface area contributed by atoms with Gasteiger partial charge in [0.1, 0.15) is 0 Å². The number of urea groups is 1. The van der Waals surface area contributed by atoms with E-state index in [4.69, 9.17) is 0 Å². The van der Waals surface area contributed by atoms with Gasteiger partial charge in [0.25, 0.3) is 0 Å². The first-order chi connectivity index (χ1) is 8.00. The van der Waals surface area contributed by atoms with Gasteiger partial charge in [0, 0.05) is 18.4 Å². The second-order valence-electron chi connectivity index (χ2n) is 3.45. The fraction of sp³-hybridized carbons (Fsp3) is 0.182. The second-order valence-corrected chi connectivity index (χ2v) is 3.45. The number of alkyl halides is 3. The summed E-state index contributed by atoms with van der Waals surface area (Å²) >= 11 is 0. The molecule has 0 saturated heterocycles. The predicted molar refractivity (Wildman–Crippen MR) is 56.2 cm³/mol. The van der Waals surface area contributed by atoms with Crippen LogP contribution in [-0.4, -0.2) is 23.8 Å². The van der Waals surface area contributed by atoms with Crippen molar-refractivity contribution in [2.45, 2.75) is 6.30 Å². The van der Waals surface area contributed by atoms with Gasteiger partial charge in [0.15, 0.2) is 0 Å². The Morgan fingerprint density at radius 2 is 1.76 bits per heavy atom. The van der Waals surface area contributed by atoms with Gasteiger partial charge in [-0.05, 0) is 18.2 Å². The average molecular weight is 242 g/mol. The van der Waals surface area contributed by atoms with Crippen LogP contribution < -0.4 is 4.90 Å². The topological polar surface area (TPSA) is 23.6 Å². The number of rotatable bonds is 1. The zero-order valence-corrected chi connectivity index (χ0v) is 8.69. The van der Waals surface area contributed by atoms with E-state index in [1.165, 1.54) is 6.08 Å². The Hall–Kier alpha value is -1.98. The summed E-state index contributed by atoms with van der Waals surface area (Å²) in [7, 11) is 0. The van der Waals surface area contributed by atoms with Crippen molar-refractivity contribution in [3.63, 3.8) is 0 Å². The largest absolute Gasteiger partial charge is 0.492 e. The van der Waals surface area contributed by atoms with Crippen molar-refractivity contribution in [3.05, 3.63) is 42.6 Å². The molecule has 0 aliphatic carbocycles. The van der Waals surface area contributed by atoms with Crippen molar-refractivity contribution in [1.82, 2.24) is 4.90 Å². The number of hydrogen-bond donors (Lipinski definition) is 0. The van der Waals surface area contributed by atoms with Gasteiger partial charge >= 0.3 is 12.3 Å². The van der Waals surface area contributed by atoms with Gasteiger partial charge in [-0.1, -0.05) is 18.2 Å². The van der Waals surface area contributed by atoms with E-state index >= 15 is 0 Å². The lowest BCUT2D eigenvalue weighted by molar-refractivity contribution is -0.207. The maximum absolute atomic E-state index is 12.5. The van der Waals surface area contributed by atoms with E-state index in [2.05, 4.69) is 0 Å². The van der Waals surface area contributed by atoms with E-state index in [9.17, 15) is 18.0 Å². The minimum Gasteiger partial charge on any atom is -0.290 e. The summed E-state index contributed by atoms with van der Waals surface area (Å²) in [6.07, 6.45) is -2.65. The van der Waals surface area contributed by atoms with E-state index in [1.807, 2.05) is 0 Å². The Bertz CT molecular complexity index is 442. The first-order valence-electron chi connectivity index (χ1n) is 4.89. The highest BCUT2D eigenvalue weighted by atomic mass is 19.4. The van der Waals surface area contributed by atoms with Crippen LogP contribution in [-0.2, 0) is 0 Å². The minimum absolute atomic E-state index is 0.134. The molecule has 1 aliphatic rings. The first kappa shape index (κ1) is 11.5. The van der Waals surface area contributed by atoms with E-state index in [-0.39, 0.29) is 11.4 Å². The van der Waals surface area contributed by atoms with Gasteiger partial charge in [0.2, 0.25) is 0 Å². The van der Waals surface area contributed by atoms with E-state index in [0.29, 0.717) is 5.69 Å². The molecule has 0 unspecified atom stereocenters. The molecule has 1 aromatic rings. The summed E-state index contributed by atoms with van der Waals surface area (Å²) in [5, 5.41) is 0. The van der Waals surface area contributed by atoms with Crippen LogP contribution in [0.3, 0.4) is 0 Å². The monoisotopic (exact) mass is 242 g/mol. The van der Waals surface area contributed by atoms with Crippen molar-refractivity contribution in [3.8, 4) is 0 Å². The Labute approximate surface area is 95.7 Å². The van der Waals surface area contributed by atoms with Gasteiger partial charge in [0.05, 0.1) is 0 Å². The lowest BCUT2D eigenvalue weighted by atomic mass is 10.3. The fourth-order valence-corrected chi connectivity index (χ4v) is 1.55. The van der Waals surface area contributed by atoms with Crippen molar-refractivity contribution >= 4 is 11.7 Å². The SMILES string of the molecule is O=C1N(c2ccccc2)CC=CN1C(F)(F)F. The molecule has 0 aromatic heterocycles. The molecule has 0 N–H and O–H groups in total. The number of amides is 2. The molecule has 2 rings (SSSR count). The Morgan fingerprint density at radius 3 is 2.35 bits per heavy atom. The zero-order valence-electron chi connectivity index (χ0n) is 8.69. The number of nitrogens with zero attached hydrogens (tertiary/aromatic N) is 2.